The van der Waals surface area contributed by atoms with Crippen LogP contribution in [-0.4, -0.2) is 69.2 Å². The van der Waals surface area contributed by atoms with Gasteiger partial charge in [0.2, 0.25) is 0 Å². The van der Waals surface area contributed by atoms with Crippen LogP contribution in [0.2, 0.25) is 0 Å². The Balaban J connectivity index is 1.49. The van der Waals surface area contributed by atoms with E-state index in [4.69, 9.17) is 14.2 Å². The van der Waals surface area contributed by atoms with Gasteiger partial charge in [0.1, 0.15) is 24.8 Å². The van der Waals surface area contributed by atoms with E-state index >= 15 is 0 Å². The van der Waals surface area contributed by atoms with E-state index in [0.717, 1.165) is 0 Å². The number of hydrogen-bond donors (Lipinski definition) is 0. The van der Waals surface area contributed by atoms with Gasteiger partial charge >= 0.3 is 5.95 Å². The molecule has 2 heterocycles. The molecule has 2 aromatic rings. The first-order valence-electron chi connectivity index (χ1n) is 8.04. The standard InChI is InChI=1S/C14H21FN6O5/c15-1-6-26-12-13-11-20(18-17-13)5-8-25-10-9-24-7-4-19-3-2-16-14(19)21(22)23/h2-3,11H,1,4-10,12H2. The minimum Gasteiger partial charge on any atom is -0.390 e. The highest BCUT2D eigenvalue weighted by Crippen LogP contribution is 2.06. The number of ether oxygens (including phenoxy) is 3. The van der Waals surface area contributed by atoms with Gasteiger partial charge in [-0.2, -0.15) is 0 Å². The highest BCUT2D eigenvalue weighted by Gasteiger charge is 2.12. The highest BCUT2D eigenvalue weighted by atomic mass is 19.1. The number of alkyl halides is 1. The molecule has 0 saturated carbocycles. The van der Waals surface area contributed by atoms with E-state index in [1.165, 1.54) is 17.0 Å². The van der Waals surface area contributed by atoms with Crippen molar-refractivity contribution >= 4 is 5.95 Å². The van der Waals surface area contributed by atoms with E-state index in [1.54, 1.807) is 10.9 Å². The molecule has 2 aromatic heterocycles. The van der Waals surface area contributed by atoms with E-state index in [9.17, 15) is 14.5 Å². The molecule has 12 heteroatoms. The first-order chi connectivity index (χ1) is 12.7. The van der Waals surface area contributed by atoms with Gasteiger partial charge in [-0.05, 0) is 4.92 Å². The second kappa shape index (κ2) is 11.2. The minimum atomic E-state index is -0.536. The van der Waals surface area contributed by atoms with Crippen molar-refractivity contribution in [2.45, 2.75) is 19.7 Å². The van der Waals surface area contributed by atoms with E-state index in [1.807, 2.05) is 0 Å². The number of imidazole rings is 1. The summed E-state index contributed by atoms with van der Waals surface area (Å²) in [5, 5.41) is 18.5. The third kappa shape index (κ3) is 6.82. The molecule has 0 atom stereocenters. The van der Waals surface area contributed by atoms with Crippen LogP contribution in [0.3, 0.4) is 0 Å². The zero-order valence-electron chi connectivity index (χ0n) is 14.2. The summed E-state index contributed by atoms with van der Waals surface area (Å²) in [5.41, 5.74) is 0.635. The molecule has 0 N–H and O–H groups in total. The third-order valence-corrected chi connectivity index (χ3v) is 3.23. The van der Waals surface area contributed by atoms with Gasteiger partial charge in [0.15, 0.2) is 0 Å². The summed E-state index contributed by atoms with van der Waals surface area (Å²) >= 11 is 0. The number of nitro groups is 1. The molecule has 0 saturated heterocycles. The Kier molecular flexibility index (Phi) is 8.59. The van der Waals surface area contributed by atoms with Crippen molar-refractivity contribution in [1.82, 2.24) is 24.5 Å². The highest BCUT2D eigenvalue weighted by molar-refractivity contribution is 5.06. The lowest BCUT2D eigenvalue weighted by atomic mass is 10.5. The molecule has 0 aliphatic heterocycles. The number of hydrogen-bond acceptors (Lipinski definition) is 8. The average molecular weight is 372 g/mol. The molecule has 0 aliphatic carbocycles. The fourth-order valence-corrected chi connectivity index (χ4v) is 2.04. The third-order valence-electron chi connectivity index (χ3n) is 3.23. The Labute approximate surface area is 148 Å². The molecule has 26 heavy (non-hydrogen) atoms. The Bertz CT molecular complexity index is 664. The summed E-state index contributed by atoms with van der Waals surface area (Å²) in [6, 6.07) is 0. The molecule has 0 bridgehead atoms. The van der Waals surface area contributed by atoms with Gasteiger partial charge in [-0.15, -0.1) is 5.10 Å². The zero-order valence-corrected chi connectivity index (χ0v) is 14.2. The quantitative estimate of drug-likeness (QED) is 0.269. The maximum absolute atomic E-state index is 11.9. The van der Waals surface area contributed by atoms with Crippen molar-refractivity contribution in [3.8, 4) is 0 Å². The molecule has 0 aromatic carbocycles. The predicted octanol–water partition coefficient (Wildman–Crippen LogP) is 0.602. The number of halogens is 1. The Morgan fingerprint density at radius 2 is 1.88 bits per heavy atom. The fraction of sp³-hybridized carbons (Fsp3) is 0.643. The summed E-state index contributed by atoms with van der Waals surface area (Å²) in [7, 11) is 0. The smallest absolute Gasteiger partial charge is 0.390 e. The summed E-state index contributed by atoms with van der Waals surface area (Å²) in [6.45, 7) is 2.16. The lowest BCUT2D eigenvalue weighted by Gasteiger charge is -2.06. The Morgan fingerprint density at radius 3 is 2.62 bits per heavy atom. The maximum atomic E-state index is 11.9. The Hall–Kier alpha value is -2.44. The number of rotatable bonds is 14. The number of aromatic nitrogens is 5. The molecule has 0 fully saturated rings. The summed E-state index contributed by atoms with van der Waals surface area (Å²) in [5.74, 6) is -0.202. The van der Waals surface area contributed by atoms with Crippen LogP contribution in [0, 0.1) is 10.1 Å². The topological polar surface area (TPSA) is 119 Å². The second-order valence-electron chi connectivity index (χ2n) is 5.12. The van der Waals surface area contributed by atoms with Crippen molar-refractivity contribution in [1.29, 1.82) is 0 Å². The zero-order chi connectivity index (χ0) is 18.6. The first kappa shape index (κ1) is 19.9. The van der Waals surface area contributed by atoms with Crippen molar-refractivity contribution in [3.05, 3.63) is 34.4 Å². The number of nitrogens with zero attached hydrogens (tertiary/aromatic N) is 6. The van der Waals surface area contributed by atoms with Crippen LogP contribution in [0.5, 0.6) is 0 Å². The molecular formula is C14H21FN6O5. The lowest BCUT2D eigenvalue weighted by molar-refractivity contribution is -0.396. The van der Waals surface area contributed by atoms with Crippen molar-refractivity contribution in [2.75, 3.05) is 39.7 Å². The Morgan fingerprint density at radius 1 is 1.12 bits per heavy atom. The summed E-state index contributed by atoms with van der Waals surface area (Å²) in [6.07, 6.45) is 4.63. The monoisotopic (exact) mass is 372 g/mol. The van der Waals surface area contributed by atoms with Gasteiger partial charge < -0.3 is 24.3 Å². The van der Waals surface area contributed by atoms with E-state index in [-0.39, 0.29) is 19.2 Å². The van der Waals surface area contributed by atoms with Crippen LogP contribution >= 0.6 is 0 Å². The first-order valence-corrected chi connectivity index (χ1v) is 8.04. The average Bonchev–Trinajstić information content (AvgIpc) is 3.27. The van der Waals surface area contributed by atoms with Gasteiger partial charge in [0.05, 0.1) is 58.9 Å². The van der Waals surface area contributed by atoms with Crippen LogP contribution < -0.4 is 0 Å². The minimum absolute atomic E-state index is 0.0458. The van der Waals surface area contributed by atoms with Crippen LogP contribution in [0.4, 0.5) is 10.3 Å². The van der Waals surface area contributed by atoms with Crippen molar-refractivity contribution < 1.29 is 23.5 Å². The second-order valence-corrected chi connectivity index (χ2v) is 5.12. The molecule has 11 nitrogen and oxygen atoms in total. The predicted molar refractivity (Wildman–Crippen MR) is 86.2 cm³/mol. The maximum Gasteiger partial charge on any atom is 0.434 e. The van der Waals surface area contributed by atoms with E-state index in [0.29, 0.717) is 45.2 Å². The van der Waals surface area contributed by atoms with Gasteiger partial charge in [0, 0.05) is 0 Å². The van der Waals surface area contributed by atoms with Crippen LogP contribution in [0.15, 0.2) is 18.6 Å². The summed E-state index contributed by atoms with van der Waals surface area (Å²) < 4.78 is 30.8. The lowest BCUT2D eigenvalue weighted by Crippen LogP contribution is -2.13. The molecular weight excluding hydrogens is 351 g/mol. The molecule has 0 aliphatic rings. The van der Waals surface area contributed by atoms with Gasteiger partial charge in [-0.3, -0.25) is 0 Å². The van der Waals surface area contributed by atoms with Crippen LogP contribution in [0.25, 0.3) is 0 Å². The summed E-state index contributed by atoms with van der Waals surface area (Å²) in [4.78, 5) is 13.8. The molecule has 0 amide bonds. The molecule has 0 radical (unpaired) electrons. The molecule has 0 unspecified atom stereocenters. The van der Waals surface area contributed by atoms with Crippen LogP contribution in [-0.2, 0) is 33.9 Å². The SMILES string of the molecule is O=[N+]([O-])c1nccn1CCOCCOCCn1cc(COCCF)nn1. The van der Waals surface area contributed by atoms with Crippen molar-refractivity contribution in [2.24, 2.45) is 0 Å². The van der Waals surface area contributed by atoms with Crippen molar-refractivity contribution in [3.63, 3.8) is 0 Å². The fourth-order valence-electron chi connectivity index (χ4n) is 2.04. The van der Waals surface area contributed by atoms with Gasteiger partial charge in [-0.1, -0.05) is 10.2 Å². The molecule has 2 rings (SSSR count). The van der Waals surface area contributed by atoms with Gasteiger partial charge in [-0.25, -0.2) is 13.6 Å². The molecule has 0 spiro atoms. The van der Waals surface area contributed by atoms with Gasteiger partial charge in [0.25, 0.3) is 0 Å². The normalized spacial score (nSPS) is 11.1. The van der Waals surface area contributed by atoms with E-state index in [2.05, 4.69) is 15.3 Å². The van der Waals surface area contributed by atoms with E-state index < -0.39 is 11.6 Å². The molecule has 144 valence electrons. The van der Waals surface area contributed by atoms with Crippen LogP contribution in [0.1, 0.15) is 5.69 Å². The largest absolute Gasteiger partial charge is 0.434 e.